The number of hydrogen-bond donors (Lipinski definition) is 1. The molecule has 3 fully saturated rings. The van der Waals surface area contributed by atoms with Gasteiger partial charge < -0.3 is 10.1 Å². The maximum absolute atomic E-state index is 6.26. The molecule has 0 heterocycles. The summed E-state index contributed by atoms with van der Waals surface area (Å²) in [6.07, 6.45) is 13.2. The van der Waals surface area contributed by atoms with Crippen LogP contribution >= 0.6 is 0 Å². The van der Waals surface area contributed by atoms with Gasteiger partial charge in [-0.2, -0.15) is 0 Å². The van der Waals surface area contributed by atoms with Gasteiger partial charge in [0, 0.05) is 18.1 Å². The molecule has 0 aromatic carbocycles. The van der Waals surface area contributed by atoms with Crippen LogP contribution < -0.4 is 5.32 Å². The lowest BCUT2D eigenvalue weighted by Gasteiger charge is -2.58. The lowest BCUT2D eigenvalue weighted by Crippen LogP contribution is -2.64. The van der Waals surface area contributed by atoms with Gasteiger partial charge in [0.15, 0.2) is 0 Å². The van der Waals surface area contributed by atoms with Crippen molar-refractivity contribution in [1.82, 2.24) is 5.32 Å². The molecule has 0 amide bonds. The van der Waals surface area contributed by atoms with E-state index in [1.807, 2.05) is 0 Å². The molecule has 0 saturated heterocycles. The molecule has 0 aliphatic heterocycles. The molecule has 104 valence electrons. The summed E-state index contributed by atoms with van der Waals surface area (Å²) >= 11 is 0. The number of ether oxygens (including phenoxy) is 1. The summed E-state index contributed by atoms with van der Waals surface area (Å²) in [4.78, 5) is 0. The Kier molecular flexibility index (Phi) is 3.95. The lowest BCUT2D eigenvalue weighted by atomic mass is 9.55. The summed E-state index contributed by atoms with van der Waals surface area (Å²) in [7, 11) is 0. The molecule has 3 aliphatic carbocycles. The first-order valence-electron chi connectivity index (χ1n) is 8.20. The minimum Gasteiger partial charge on any atom is -0.378 e. The van der Waals surface area contributed by atoms with Crippen LogP contribution in [0.1, 0.15) is 64.7 Å². The van der Waals surface area contributed by atoms with Crippen LogP contribution in [-0.4, -0.2) is 25.3 Å². The summed E-state index contributed by atoms with van der Waals surface area (Å²) in [6, 6.07) is 0.744. The summed E-state index contributed by atoms with van der Waals surface area (Å²) in [5.41, 5.74) is 0.512. The van der Waals surface area contributed by atoms with E-state index in [0.29, 0.717) is 11.5 Å². The van der Waals surface area contributed by atoms with E-state index in [9.17, 15) is 0 Å². The smallest absolute Gasteiger partial charge is 0.0661 e. The minimum absolute atomic E-state index is 0.512. The van der Waals surface area contributed by atoms with Crippen molar-refractivity contribution in [3.8, 4) is 0 Å². The summed E-state index contributed by atoms with van der Waals surface area (Å²) in [5, 5.41) is 3.70. The second-order valence-corrected chi connectivity index (χ2v) is 6.73. The minimum atomic E-state index is 0.512. The van der Waals surface area contributed by atoms with E-state index >= 15 is 0 Å². The van der Waals surface area contributed by atoms with Crippen LogP contribution in [0.4, 0.5) is 0 Å². The molecule has 0 radical (unpaired) electrons. The highest BCUT2D eigenvalue weighted by Crippen LogP contribution is 2.53. The van der Waals surface area contributed by atoms with Gasteiger partial charge in [-0.1, -0.05) is 39.0 Å². The fourth-order valence-corrected chi connectivity index (χ4v) is 4.18. The first-order chi connectivity index (χ1) is 8.85. The molecule has 1 N–H and O–H groups in total. The first-order valence-corrected chi connectivity index (χ1v) is 8.20. The SMILES string of the molecule is CCNC1CC(OCCC2CC2)C12CCCCC2. The zero-order valence-corrected chi connectivity index (χ0v) is 11.9. The van der Waals surface area contributed by atoms with Crippen molar-refractivity contribution in [2.45, 2.75) is 76.9 Å². The predicted molar refractivity (Wildman–Crippen MR) is 74.7 cm³/mol. The Morgan fingerprint density at radius 3 is 2.61 bits per heavy atom. The molecular weight excluding hydrogens is 222 g/mol. The van der Waals surface area contributed by atoms with E-state index < -0.39 is 0 Å². The normalized spacial score (nSPS) is 34.5. The van der Waals surface area contributed by atoms with Crippen LogP contribution in [0.25, 0.3) is 0 Å². The third-order valence-electron chi connectivity index (χ3n) is 5.56. The second kappa shape index (κ2) is 5.50. The predicted octanol–water partition coefficient (Wildman–Crippen LogP) is 3.50. The van der Waals surface area contributed by atoms with E-state index in [0.717, 1.165) is 25.1 Å². The molecule has 1 spiro atoms. The van der Waals surface area contributed by atoms with Crippen LogP contribution in [0, 0.1) is 11.3 Å². The molecule has 2 unspecified atom stereocenters. The molecule has 3 aliphatic rings. The second-order valence-electron chi connectivity index (χ2n) is 6.73. The molecule has 0 bridgehead atoms. The quantitative estimate of drug-likeness (QED) is 0.780. The molecule has 18 heavy (non-hydrogen) atoms. The van der Waals surface area contributed by atoms with Crippen LogP contribution in [0.2, 0.25) is 0 Å². The maximum Gasteiger partial charge on any atom is 0.0661 e. The van der Waals surface area contributed by atoms with E-state index in [1.165, 1.54) is 57.8 Å². The Morgan fingerprint density at radius 2 is 1.94 bits per heavy atom. The molecule has 2 atom stereocenters. The van der Waals surface area contributed by atoms with E-state index in [-0.39, 0.29) is 0 Å². The van der Waals surface area contributed by atoms with Crippen molar-refractivity contribution in [3.05, 3.63) is 0 Å². The Balaban J connectivity index is 1.52. The summed E-state index contributed by atoms with van der Waals surface area (Å²) in [5.74, 6) is 1.01. The number of nitrogens with one attached hydrogen (secondary N) is 1. The summed E-state index contributed by atoms with van der Waals surface area (Å²) in [6.45, 7) is 4.37. The Labute approximate surface area is 112 Å². The third kappa shape index (κ3) is 2.46. The zero-order chi connectivity index (χ0) is 12.4. The molecule has 0 aromatic rings. The monoisotopic (exact) mass is 251 g/mol. The highest BCUT2D eigenvalue weighted by Gasteiger charge is 2.55. The van der Waals surface area contributed by atoms with Crippen LogP contribution in [0.3, 0.4) is 0 Å². The van der Waals surface area contributed by atoms with Gasteiger partial charge in [0.1, 0.15) is 0 Å². The van der Waals surface area contributed by atoms with Crippen molar-refractivity contribution < 1.29 is 4.74 Å². The van der Waals surface area contributed by atoms with Gasteiger partial charge in [-0.25, -0.2) is 0 Å². The fraction of sp³-hybridized carbons (Fsp3) is 1.00. The molecular formula is C16H29NO. The Morgan fingerprint density at radius 1 is 1.17 bits per heavy atom. The van der Waals surface area contributed by atoms with E-state index in [4.69, 9.17) is 4.74 Å². The van der Waals surface area contributed by atoms with Crippen LogP contribution in [0.15, 0.2) is 0 Å². The average molecular weight is 251 g/mol. The van der Waals surface area contributed by atoms with E-state index in [1.54, 1.807) is 0 Å². The van der Waals surface area contributed by atoms with Gasteiger partial charge >= 0.3 is 0 Å². The van der Waals surface area contributed by atoms with Crippen molar-refractivity contribution in [2.75, 3.05) is 13.2 Å². The van der Waals surface area contributed by atoms with Crippen LogP contribution in [0.5, 0.6) is 0 Å². The van der Waals surface area contributed by atoms with Crippen LogP contribution in [-0.2, 0) is 4.74 Å². The lowest BCUT2D eigenvalue weighted by molar-refractivity contribution is -0.153. The van der Waals surface area contributed by atoms with Gasteiger partial charge in [-0.05, 0) is 38.1 Å². The first kappa shape index (κ1) is 12.9. The fourth-order valence-electron chi connectivity index (χ4n) is 4.18. The standard InChI is InChI=1S/C16H29NO/c1-2-17-14-12-15(18-11-8-13-6-7-13)16(14)9-4-3-5-10-16/h13-15,17H,2-12H2,1H3. The van der Waals surface area contributed by atoms with Gasteiger partial charge in [-0.3, -0.25) is 0 Å². The van der Waals surface area contributed by atoms with Gasteiger partial charge in [0.2, 0.25) is 0 Å². The molecule has 0 aromatic heterocycles. The van der Waals surface area contributed by atoms with Gasteiger partial charge in [0.05, 0.1) is 6.10 Å². The largest absolute Gasteiger partial charge is 0.378 e. The van der Waals surface area contributed by atoms with E-state index in [2.05, 4.69) is 12.2 Å². The van der Waals surface area contributed by atoms with Gasteiger partial charge in [-0.15, -0.1) is 0 Å². The number of rotatable bonds is 6. The maximum atomic E-state index is 6.26. The highest BCUT2D eigenvalue weighted by atomic mass is 16.5. The number of hydrogen-bond acceptors (Lipinski definition) is 2. The van der Waals surface area contributed by atoms with Crippen molar-refractivity contribution in [3.63, 3.8) is 0 Å². The van der Waals surface area contributed by atoms with Crippen molar-refractivity contribution >= 4 is 0 Å². The zero-order valence-electron chi connectivity index (χ0n) is 11.9. The molecule has 3 saturated carbocycles. The van der Waals surface area contributed by atoms with Gasteiger partial charge in [0.25, 0.3) is 0 Å². The molecule has 3 rings (SSSR count). The Bertz CT molecular complexity index is 268. The molecule has 2 nitrogen and oxygen atoms in total. The molecule has 2 heteroatoms. The third-order valence-corrected chi connectivity index (χ3v) is 5.56. The van der Waals surface area contributed by atoms with Crippen molar-refractivity contribution in [2.24, 2.45) is 11.3 Å². The Hall–Kier alpha value is -0.0800. The summed E-state index contributed by atoms with van der Waals surface area (Å²) < 4.78 is 6.26. The van der Waals surface area contributed by atoms with Crippen molar-refractivity contribution in [1.29, 1.82) is 0 Å². The topological polar surface area (TPSA) is 21.3 Å². The average Bonchev–Trinajstić information content (AvgIpc) is 3.22. The highest BCUT2D eigenvalue weighted by molar-refractivity contribution is 5.08.